The van der Waals surface area contributed by atoms with Crippen LogP contribution in [0.2, 0.25) is 0 Å². The second-order valence-electron chi connectivity index (χ2n) is 6.92. The predicted molar refractivity (Wildman–Crippen MR) is 90.5 cm³/mol. The number of benzene rings is 1. The summed E-state index contributed by atoms with van der Waals surface area (Å²) in [5.41, 5.74) is 1.84. The molecule has 1 aliphatic heterocycles. The van der Waals surface area contributed by atoms with E-state index < -0.39 is 0 Å². The molecule has 24 heavy (non-hydrogen) atoms. The summed E-state index contributed by atoms with van der Waals surface area (Å²) in [5.74, 6) is 0.705. The number of carbonyl (C=O) groups is 1. The summed E-state index contributed by atoms with van der Waals surface area (Å²) in [6, 6.07) is 8.04. The SMILES string of the molecule is O=C(NCc1cccc(-n2cncn2)c1)[C@@]12CCCC[C@H]1CNC2. The fourth-order valence-corrected chi connectivity index (χ4v) is 4.20. The fourth-order valence-electron chi connectivity index (χ4n) is 4.20. The van der Waals surface area contributed by atoms with Crippen LogP contribution in [0.25, 0.3) is 5.69 Å². The Morgan fingerprint density at radius 3 is 3.25 bits per heavy atom. The molecule has 1 saturated carbocycles. The minimum Gasteiger partial charge on any atom is -0.351 e. The van der Waals surface area contributed by atoms with E-state index in [0.717, 1.165) is 37.2 Å². The Kier molecular flexibility index (Phi) is 4.06. The first-order valence-corrected chi connectivity index (χ1v) is 8.71. The molecule has 2 heterocycles. The van der Waals surface area contributed by atoms with Crippen molar-refractivity contribution in [3.05, 3.63) is 42.5 Å². The molecule has 126 valence electrons. The van der Waals surface area contributed by atoms with Crippen LogP contribution in [0.1, 0.15) is 31.2 Å². The molecule has 2 atom stereocenters. The number of amides is 1. The second kappa shape index (κ2) is 6.36. The normalized spacial score (nSPS) is 26.1. The van der Waals surface area contributed by atoms with Gasteiger partial charge in [0.1, 0.15) is 12.7 Å². The van der Waals surface area contributed by atoms with Crippen molar-refractivity contribution in [3.63, 3.8) is 0 Å². The standard InChI is InChI=1S/C18H23N5O/c24-17(18-7-2-1-5-15(18)10-19-11-18)21-9-14-4-3-6-16(8-14)23-13-20-12-22-23/h3-4,6,8,12-13,15,19H,1-2,5,7,9-11H2,(H,21,24)/t15-,18+/m0/s1. The Hall–Kier alpha value is -2.21. The Morgan fingerprint density at radius 2 is 2.38 bits per heavy atom. The third-order valence-corrected chi connectivity index (χ3v) is 5.54. The largest absolute Gasteiger partial charge is 0.351 e. The zero-order chi connectivity index (χ0) is 16.4. The molecular weight excluding hydrogens is 302 g/mol. The van der Waals surface area contributed by atoms with Crippen molar-refractivity contribution in [2.24, 2.45) is 11.3 Å². The van der Waals surface area contributed by atoms with Crippen LogP contribution in [0, 0.1) is 11.3 Å². The van der Waals surface area contributed by atoms with Gasteiger partial charge in [0, 0.05) is 13.1 Å². The number of aromatic nitrogens is 3. The van der Waals surface area contributed by atoms with Gasteiger partial charge in [0.05, 0.1) is 11.1 Å². The van der Waals surface area contributed by atoms with Crippen molar-refractivity contribution in [2.75, 3.05) is 13.1 Å². The van der Waals surface area contributed by atoms with Crippen LogP contribution in [-0.4, -0.2) is 33.8 Å². The van der Waals surface area contributed by atoms with Crippen LogP contribution in [-0.2, 0) is 11.3 Å². The lowest BCUT2D eigenvalue weighted by molar-refractivity contribution is -0.134. The van der Waals surface area contributed by atoms with Gasteiger partial charge in [-0.25, -0.2) is 9.67 Å². The number of fused-ring (bicyclic) bond motifs is 1. The van der Waals surface area contributed by atoms with E-state index in [0.29, 0.717) is 12.5 Å². The third kappa shape index (κ3) is 2.71. The van der Waals surface area contributed by atoms with Crippen molar-refractivity contribution in [1.82, 2.24) is 25.4 Å². The lowest BCUT2D eigenvalue weighted by atomic mass is 9.67. The molecule has 1 saturated heterocycles. The quantitative estimate of drug-likeness (QED) is 0.897. The minimum absolute atomic E-state index is 0.193. The maximum absolute atomic E-state index is 12.9. The molecule has 6 heteroatoms. The first kappa shape index (κ1) is 15.3. The number of nitrogens with one attached hydrogen (secondary N) is 2. The summed E-state index contributed by atoms with van der Waals surface area (Å²) in [4.78, 5) is 16.9. The van der Waals surface area contributed by atoms with E-state index >= 15 is 0 Å². The van der Waals surface area contributed by atoms with Crippen molar-refractivity contribution in [1.29, 1.82) is 0 Å². The minimum atomic E-state index is -0.193. The van der Waals surface area contributed by atoms with Gasteiger partial charge in [0.15, 0.2) is 0 Å². The number of nitrogens with zero attached hydrogens (tertiary/aromatic N) is 3. The highest BCUT2D eigenvalue weighted by atomic mass is 16.2. The number of hydrogen-bond acceptors (Lipinski definition) is 4. The Bertz CT molecular complexity index is 714. The van der Waals surface area contributed by atoms with E-state index in [1.54, 1.807) is 11.0 Å². The number of hydrogen-bond donors (Lipinski definition) is 2. The van der Waals surface area contributed by atoms with E-state index in [2.05, 4.69) is 20.7 Å². The molecule has 6 nitrogen and oxygen atoms in total. The van der Waals surface area contributed by atoms with Crippen molar-refractivity contribution < 1.29 is 4.79 Å². The topological polar surface area (TPSA) is 71.8 Å². The molecule has 1 aliphatic carbocycles. The van der Waals surface area contributed by atoms with E-state index in [4.69, 9.17) is 0 Å². The van der Waals surface area contributed by atoms with E-state index in [-0.39, 0.29) is 11.3 Å². The van der Waals surface area contributed by atoms with E-state index in [9.17, 15) is 4.79 Å². The van der Waals surface area contributed by atoms with Gasteiger partial charge in [-0.1, -0.05) is 25.0 Å². The molecule has 0 bridgehead atoms. The molecular formula is C18H23N5O. The first-order chi connectivity index (χ1) is 11.8. The van der Waals surface area contributed by atoms with Gasteiger partial charge in [-0.15, -0.1) is 0 Å². The van der Waals surface area contributed by atoms with Crippen molar-refractivity contribution >= 4 is 5.91 Å². The smallest absolute Gasteiger partial charge is 0.228 e. The molecule has 1 amide bonds. The molecule has 2 fully saturated rings. The third-order valence-electron chi connectivity index (χ3n) is 5.54. The van der Waals surface area contributed by atoms with Crippen LogP contribution in [0.5, 0.6) is 0 Å². The monoisotopic (exact) mass is 325 g/mol. The molecule has 4 rings (SSSR count). The van der Waals surface area contributed by atoms with Gasteiger partial charge in [-0.05, 0) is 43.0 Å². The molecule has 1 aromatic heterocycles. The second-order valence-corrected chi connectivity index (χ2v) is 6.92. The van der Waals surface area contributed by atoms with Gasteiger partial charge in [0.2, 0.25) is 5.91 Å². The first-order valence-electron chi connectivity index (χ1n) is 8.71. The molecule has 0 spiro atoms. The lowest BCUT2D eigenvalue weighted by Crippen LogP contribution is -2.47. The maximum atomic E-state index is 12.9. The van der Waals surface area contributed by atoms with Crippen molar-refractivity contribution in [2.45, 2.75) is 32.2 Å². The predicted octanol–water partition coefficient (Wildman–Crippen LogP) is 1.66. The van der Waals surface area contributed by atoms with Crippen LogP contribution < -0.4 is 10.6 Å². The van der Waals surface area contributed by atoms with Gasteiger partial charge >= 0.3 is 0 Å². The van der Waals surface area contributed by atoms with Gasteiger partial charge in [-0.3, -0.25) is 4.79 Å². The fraction of sp³-hybridized carbons (Fsp3) is 0.500. The van der Waals surface area contributed by atoms with Gasteiger partial charge in [-0.2, -0.15) is 5.10 Å². The Labute approximate surface area is 141 Å². The summed E-state index contributed by atoms with van der Waals surface area (Å²) < 4.78 is 1.72. The van der Waals surface area contributed by atoms with Crippen LogP contribution in [0.15, 0.2) is 36.9 Å². The highest BCUT2D eigenvalue weighted by Gasteiger charge is 2.49. The number of carbonyl (C=O) groups excluding carboxylic acids is 1. The Morgan fingerprint density at radius 1 is 1.42 bits per heavy atom. The average Bonchev–Trinajstić information content (AvgIpc) is 3.29. The molecule has 2 aromatic rings. The van der Waals surface area contributed by atoms with Crippen LogP contribution in [0.3, 0.4) is 0 Å². The van der Waals surface area contributed by atoms with Gasteiger partial charge < -0.3 is 10.6 Å². The zero-order valence-electron chi connectivity index (χ0n) is 13.7. The van der Waals surface area contributed by atoms with E-state index in [1.165, 1.54) is 19.2 Å². The lowest BCUT2D eigenvalue weighted by Gasteiger charge is -2.37. The van der Waals surface area contributed by atoms with Crippen LogP contribution in [0.4, 0.5) is 0 Å². The van der Waals surface area contributed by atoms with Crippen LogP contribution >= 0.6 is 0 Å². The molecule has 0 unspecified atom stereocenters. The molecule has 2 N–H and O–H groups in total. The summed E-state index contributed by atoms with van der Waals surface area (Å²) in [6.45, 7) is 2.35. The zero-order valence-corrected chi connectivity index (χ0v) is 13.7. The van der Waals surface area contributed by atoms with E-state index in [1.807, 2.05) is 24.3 Å². The summed E-state index contributed by atoms with van der Waals surface area (Å²) in [6.07, 6.45) is 7.78. The summed E-state index contributed by atoms with van der Waals surface area (Å²) in [7, 11) is 0. The maximum Gasteiger partial charge on any atom is 0.228 e. The molecule has 2 aliphatic rings. The highest BCUT2D eigenvalue weighted by molar-refractivity contribution is 5.83. The van der Waals surface area contributed by atoms with Gasteiger partial charge in [0.25, 0.3) is 0 Å². The highest BCUT2D eigenvalue weighted by Crippen LogP contribution is 2.43. The van der Waals surface area contributed by atoms with Crippen molar-refractivity contribution in [3.8, 4) is 5.69 Å². The molecule has 0 radical (unpaired) electrons. The Balaban J connectivity index is 1.45. The average molecular weight is 325 g/mol. The summed E-state index contributed by atoms with van der Waals surface area (Å²) in [5, 5.41) is 10.8. The number of rotatable bonds is 4. The molecule has 1 aromatic carbocycles. The summed E-state index contributed by atoms with van der Waals surface area (Å²) >= 11 is 0.